The van der Waals surface area contributed by atoms with Gasteiger partial charge in [0.05, 0.1) is 5.56 Å². The van der Waals surface area contributed by atoms with E-state index >= 15 is 0 Å². The summed E-state index contributed by atoms with van der Waals surface area (Å²) in [5, 5.41) is 5.95. The zero-order valence-corrected chi connectivity index (χ0v) is 13.7. The predicted octanol–water partition coefficient (Wildman–Crippen LogP) is 1.75. The van der Waals surface area contributed by atoms with Crippen LogP contribution in [0.15, 0.2) is 30.5 Å². The second kappa shape index (κ2) is 7.16. The Morgan fingerprint density at radius 1 is 1.27 bits per heavy atom. The van der Waals surface area contributed by atoms with Crippen LogP contribution >= 0.6 is 0 Å². The van der Waals surface area contributed by atoms with Gasteiger partial charge in [0.2, 0.25) is 5.95 Å². The van der Waals surface area contributed by atoms with E-state index in [1.165, 1.54) is 18.3 Å². The maximum Gasteiger partial charge on any atom is 0.416 e. The van der Waals surface area contributed by atoms with Crippen LogP contribution in [0.4, 0.5) is 30.6 Å². The number of carbonyl (C=O) groups is 1. The SMILES string of the molecule is NC(=O)c1cnc(N2CCNCC2)nc1Nc1cccc(C(F)(F)F)c1. The number of alkyl halides is 3. The third kappa shape index (κ3) is 4.02. The van der Waals surface area contributed by atoms with Crippen molar-refractivity contribution in [2.75, 3.05) is 36.4 Å². The van der Waals surface area contributed by atoms with Crippen LogP contribution in [0.2, 0.25) is 0 Å². The van der Waals surface area contributed by atoms with Gasteiger partial charge in [-0.15, -0.1) is 0 Å². The predicted molar refractivity (Wildman–Crippen MR) is 90.4 cm³/mol. The lowest BCUT2D eigenvalue weighted by molar-refractivity contribution is -0.137. The van der Waals surface area contributed by atoms with E-state index in [0.717, 1.165) is 25.2 Å². The normalized spacial score (nSPS) is 15.0. The molecule has 0 bridgehead atoms. The Morgan fingerprint density at radius 3 is 2.65 bits per heavy atom. The number of hydrogen-bond donors (Lipinski definition) is 3. The van der Waals surface area contributed by atoms with Crippen LogP contribution in [0.1, 0.15) is 15.9 Å². The molecule has 0 saturated carbocycles. The molecule has 1 fully saturated rings. The molecule has 0 unspecified atom stereocenters. The average Bonchev–Trinajstić information content (AvgIpc) is 2.62. The van der Waals surface area contributed by atoms with E-state index in [9.17, 15) is 18.0 Å². The van der Waals surface area contributed by atoms with Gasteiger partial charge in [-0.1, -0.05) is 6.07 Å². The van der Waals surface area contributed by atoms with Crippen LogP contribution < -0.4 is 21.3 Å². The first-order chi connectivity index (χ1) is 12.3. The summed E-state index contributed by atoms with van der Waals surface area (Å²) in [5.74, 6) is -0.322. The summed E-state index contributed by atoms with van der Waals surface area (Å²) in [6.45, 7) is 2.88. The van der Waals surface area contributed by atoms with Gasteiger partial charge in [0.25, 0.3) is 5.91 Å². The van der Waals surface area contributed by atoms with Gasteiger partial charge in [0.1, 0.15) is 11.4 Å². The Bertz CT molecular complexity index is 805. The fourth-order valence-electron chi connectivity index (χ4n) is 2.58. The van der Waals surface area contributed by atoms with Gasteiger partial charge >= 0.3 is 6.18 Å². The molecule has 0 aliphatic carbocycles. The zero-order chi connectivity index (χ0) is 18.7. The molecule has 1 aliphatic heterocycles. The summed E-state index contributed by atoms with van der Waals surface area (Å²) in [6.07, 6.45) is -3.19. The molecule has 3 rings (SSSR count). The Morgan fingerprint density at radius 2 is 2.00 bits per heavy atom. The van der Waals surface area contributed by atoms with Gasteiger partial charge in [0, 0.05) is 38.1 Å². The number of halogens is 3. The summed E-state index contributed by atoms with van der Waals surface area (Å²) in [5.41, 5.74) is 4.67. The molecule has 1 amide bonds. The summed E-state index contributed by atoms with van der Waals surface area (Å²) in [6, 6.07) is 4.63. The minimum atomic E-state index is -4.47. The number of benzene rings is 1. The molecule has 1 aliphatic rings. The third-order valence-electron chi connectivity index (χ3n) is 3.89. The van der Waals surface area contributed by atoms with Crippen LogP contribution in [-0.2, 0) is 6.18 Å². The highest BCUT2D eigenvalue weighted by molar-refractivity contribution is 5.98. The van der Waals surface area contributed by atoms with E-state index in [-0.39, 0.29) is 17.1 Å². The number of rotatable bonds is 4. The minimum Gasteiger partial charge on any atom is -0.365 e. The highest BCUT2D eigenvalue weighted by Gasteiger charge is 2.30. The number of nitrogens with one attached hydrogen (secondary N) is 2. The number of hydrogen-bond acceptors (Lipinski definition) is 6. The quantitative estimate of drug-likeness (QED) is 0.763. The average molecular weight is 366 g/mol. The number of primary amides is 1. The van der Waals surface area contributed by atoms with Gasteiger partial charge in [-0.25, -0.2) is 4.98 Å². The number of anilines is 3. The Balaban J connectivity index is 1.93. The Hall–Kier alpha value is -2.88. The van der Waals surface area contributed by atoms with E-state index in [1.807, 2.05) is 4.90 Å². The van der Waals surface area contributed by atoms with Gasteiger partial charge in [0.15, 0.2) is 0 Å². The molecule has 26 heavy (non-hydrogen) atoms. The fraction of sp³-hybridized carbons (Fsp3) is 0.312. The third-order valence-corrected chi connectivity index (χ3v) is 3.89. The number of nitrogens with two attached hydrogens (primary N) is 1. The van der Waals surface area contributed by atoms with E-state index in [1.54, 1.807) is 0 Å². The molecule has 1 saturated heterocycles. The van der Waals surface area contributed by atoms with Crippen molar-refractivity contribution in [3.63, 3.8) is 0 Å². The molecule has 1 aromatic carbocycles. The lowest BCUT2D eigenvalue weighted by Crippen LogP contribution is -2.44. The molecular weight excluding hydrogens is 349 g/mol. The number of nitrogens with zero attached hydrogens (tertiary/aromatic N) is 3. The van der Waals surface area contributed by atoms with Gasteiger partial charge in [-0.3, -0.25) is 4.79 Å². The number of aromatic nitrogens is 2. The van der Waals surface area contributed by atoms with E-state index in [2.05, 4.69) is 20.6 Å². The minimum absolute atomic E-state index is 0.00120. The summed E-state index contributed by atoms with van der Waals surface area (Å²) in [4.78, 5) is 22.0. The molecule has 2 heterocycles. The van der Waals surface area contributed by atoms with Crippen LogP contribution in [0, 0.1) is 0 Å². The molecular formula is C16H17F3N6O. The topological polar surface area (TPSA) is 96.2 Å². The fourth-order valence-corrected chi connectivity index (χ4v) is 2.58. The second-order valence-corrected chi connectivity index (χ2v) is 5.74. The van der Waals surface area contributed by atoms with E-state index in [4.69, 9.17) is 5.73 Å². The van der Waals surface area contributed by atoms with Crippen LogP contribution in [-0.4, -0.2) is 42.1 Å². The maximum atomic E-state index is 12.9. The molecule has 7 nitrogen and oxygen atoms in total. The van der Waals surface area contributed by atoms with Gasteiger partial charge in [-0.05, 0) is 18.2 Å². The lowest BCUT2D eigenvalue weighted by atomic mass is 10.2. The first kappa shape index (κ1) is 17.9. The molecule has 0 radical (unpaired) electrons. The highest BCUT2D eigenvalue weighted by Crippen LogP contribution is 2.31. The largest absolute Gasteiger partial charge is 0.416 e. The van der Waals surface area contributed by atoms with E-state index in [0.29, 0.717) is 19.0 Å². The number of carbonyl (C=O) groups excluding carboxylic acids is 1. The molecule has 0 spiro atoms. The molecule has 0 atom stereocenters. The molecule has 1 aromatic heterocycles. The van der Waals surface area contributed by atoms with Crippen LogP contribution in [0.5, 0.6) is 0 Å². The van der Waals surface area contributed by atoms with Crippen molar-refractivity contribution in [1.29, 1.82) is 0 Å². The van der Waals surface area contributed by atoms with Crippen molar-refractivity contribution in [2.24, 2.45) is 5.73 Å². The monoisotopic (exact) mass is 366 g/mol. The summed E-state index contributed by atoms with van der Waals surface area (Å²) in [7, 11) is 0. The first-order valence-corrected chi connectivity index (χ1v) is 7.91. The first-order valence-electron chi connectivity index (χ1n) is 7.91. The number of amides is 1. The molecule has 138 valence electrons. The van der Waals surface area contributed by atoms with Crippen molar-refractivity contribution in [1.82, 2.24) is 15.3 Å². The van der Waals surface area contributed by atoms with Crippen LogP contribution in [0.25, 0.3) is 0 Å². The number of piperazine rings is 1. The molecule has 4 N–H and O–H groups in total. The zero-order valence-electron chi connectivity index (χ0n) is 13.7. The Labute approximate surface area is 147 Å². The second-order valence-electron chi connectivity index (χ2n) is 5.74. The van der Waals surface area contributed by atoms with Crippen molar-refractivity contribution in [2.45, 2.75) is 6.18 Å². The van der Waals surface area contributed by atoms with Gasteiger partial charge in [-0.2, -0.15) is 18.2 Å². The molecule has 10 heteroatoms. The highest BCUT2D eigenvalue weighted by atomic mass is 19.4. The van der Waals surface area contributed by atoms with Crippen molar-refractivity contribution >= 4 is 23.4 Å². The van der Waals surface area contributed by atoms with Crippen LogP contribution in [0.3, 0.4) is 0 Å². The maximum absolute atomic E-state index is 12.9. The van der Waals surface area contributed by atoms with Crippen molar-refractivity contribution < 1.29 is 18.0 Å². The molecule has 2 aromatic rings. The van der Waals surface area contributed by atoms with Crippen molar-refractivity contribution in [3.05, 3.63) is 41.6 Å². The lowest BCUT2D eigenvalue weighted by Gasteiger charge is -2.27. The summed E-state index contributed by atoms with van der Waals surface area (Å²) < 4.78 is 38.6. The van der Waals surface area contributed by atoms with E-state index < -0.39 is 17.6 Å². The Kier molecular flexibility index (Phi) is 4.94. The van der Waals surface area contributed by atoms with Crippen molar-refractivity contribution in [3.8, 4) is 0 Å². The smallest absolute Gasteiger partial charge is 0.365 e. The van der Waals surface area contributed by atoms with Gasteiger partial charge < -0.3 is 21.3 Å². The standard InChI is InChI=1S/C16H17F3N6O/c17-16(18,19)10-2-1-3-11(8-10)23-14-12(13(20)26)9-22-15(24-14)25-6-4-21-5-7-25/h1-3,8-9,21H,4-7H2,(H2,20,26)(H,22,23,24). The summed E-state index contributed by atoms with van der Waals surface area (Å²) >= 11 is 0.